The second kappa shape index (κ2) is 7.18. The first-order valence-electron chi connectivity index (χ1n) is 7.22. The van der Waals surface area contributed by atoms with Crippen molar-refractivity contribution in [2.45, 2.75) is 13.1 Å². The Balaban J connectivity index is 1.63. The fraction of sp³-hybridized carbons (Fsp3) is 0.111. The van der Waals surface area contributed by atoms with Gasteiger partial charge in [0.05, 0.1) is 5.02 Å². The topological polar surface area (TPSA) is 29.8 Å². The number of quaternary nitrogens is 1. The number of rotatable bonds is 5. The molecule has 0 fully saturated rings. The molecule has 3 aromatic rings. The molecule has 2 N–H and O–H groups in total. The lowest BCUT2D eigenvalue weighted by Gasteiger charge is -2.02. The number of hydrogen-bond acceptors (Lipinski definition) is 1. The highest BCUT2D eigenvalue weighted by molar-refractivity contribution is 6.35. The maximum atomic E-state index is 12.9. The van der Waals surface area contributed by atoms with Crippen molar-refractivity contribution in [3.8, 4) is 11.3 Å². The molecule has 0 aliphatic carbocycles. The van der Waals surface area contributed by atoms with E-state index in [0.29, 0.717) is 22.4 Å². The van der Waals surface area contributed by atoms with Crippen molar-refractivity contribution in [1.82, 2.24) is 0 Å². The second-order valence-electron chi connectivity index (χ2n) is 5.21. The Hall–Kier alpha value is -1.81. The number of hydrogen-bond donors (Lipinski definition) is 1. The standard InChI is InChI=1S/C18H14Cl2FNO/c19-13-3-7-17(20)16(9-13)18-8-6-15(23-18)11-22-10-12-1-4-14(21)5-2-12/h1-9,22H,10-11H2/p+1. The maximum absolute atomic E-state index is 12.9. The number of nitrogens with two attached hydrogens (primary N) is 1. The van der Waals surface area contributed by atoms with Crippen molar-refractivity contribution in [1.29, 1.82) is 0 Å². The highest BCUT2D eigenvalue weighted by Gasteiger charge is 2.10. The predicted molar refractivity (Wildman–Crippen MR) is 89.9 cm³/mol. The molecular weight excluding hydrogens is 336 g/mol. The first-order chi connectivity index (χ1) is 11.1. The summed E-state index contributed by atoms with van der Waals surface area (Å²) in [6.07, 6.45) is 0. The van der Waals surface area contributed by atoms with E-state index in [9.17, 15) is 4.39 Å². The average Bonchev–Trinajstić information content (AvgIpc) is 3.00. The molecule has 2 nitrogen and oxygen atoms in total. The molecule has 0 spiro atoms. The van der Waals surface area contributed by atoms with Crippen molar-refractivity contribution in [2.24, 2.45) is 0 Å². The molecular formula is C18H15Cl2FNO+. The van der Waals surface area contributed by atoms with E-state index in [2.05, 4.69) is 5.32 Å². The largest absolute Gasteiger partial charge is 0.455 e. The molecule has 0 aliphatic heterocycles. The molecule has 0 aliphatic rings. The van der Waals surface area contributed by atoms with E-state index >= 15 is 0 Å². The normalized spacial score (nSPS) is 10.9. The molecule has 0 amide bonds. The summed E-state index contributed by atoms with van der Waals surface area (Å²) in [5.41, 5.74) is 1.85. The SMILES string of the molecule is Fc1ccc(C[NH2+]Cc2ccc(-c3cc(Cl)ccc3Cl)o2)cc1. The first-order valence-corrected chi connectivity index (χ1v) is 7.97. The van der Waals surface area contributed by atoms with Gasteiger partial charge in [0.25, 0.3) is 0 Å². The van der Waals surface area contributed by atoms with Crippen LogP contribution in [0.3, 0.4) is 0 Å². The molecule has 0 saturated carbocycles. The molecule has 1 aromatic heterocycles. The minimum atomic E-state index is -0.220. The van der Waals surface area contributed by atoms with E-state index in [4.69, 9.17) is 27.6 Å². The maximum Gasteiger partial charge on any atom is 0.158 e. The summed E-state index contributed by atoms with van der Waals surface area (Å²) in [5, 5.41) is 3.31. The summed E-state index contributed by atoms with van der Waals surface area (Å²) >= 11 is 12.2. The van der Waals surface area contributed by atoms with Crippen molar-refractivity contribution in [2.75, 3.05) is 0 Å². The molecule has 5 heteroatoms. The van der Waals surface area contributed by atoms with E-state index in [-0.39, 0.29) is 5.82 Å². The van der Waals surface area contributed by atoms with Gasteiger partial charge in [0.15, 0.2) is 5.76 Å². The molecule has 118 valence electrons. The highest BCUT2D eigenvalue weighted by Crippen LogP contribution is 2.31. The lowest BCUT2D eigenvalue weighted by atomic mass is 10.2. The molecule has 2 aromatic carbocycles. The lowest BCUT2D eigenvalue weighted by Crippen LogP contribution is -2.80. The van der Waals surface area contributed by atoms with Crippen LogP contribution in [-0.4, -0.2) is 0 Å². The number of halogens is 3. The van der Waals surface area contributed by atoms with Crippen LogP contribution in [0.15, 0.2) is 59.0 Å². The van der Waals surface area contributed by atoms with Crippen LogP contribution in [0, 0.1) is 5.82 Å². The molecule has 0 bridgehead atoms. The summed E-state index contributed by atoms with van der Waals surface area (Å²) in [6, 6.07) is 15.6. The van der Waals surface area contributed by atoms with Gasteiger partial charge in [0.1, 0.15) is 24.7 Å². The zero-order valence-corrected chi connectivity index (χ0v) is 13.7. The first kappa shape index (κ1) is 16.1. The molecule has 1 heterocycles. The van der Waals surface area contributed by atoms with Crippen LogP contribution >= 0.6 is 23.2 Å². The van der Waals surface area contributed by atoms with Crippen LogP contribution in [0.2, 0.25) is 10.0 Å². The molecule has 23 heavy (non-hydrogen) atoms. The molecule has 0 radical (unpaired) electrons. The van der Waals surface area contributed by atoms with Gasteiger partial charge >= 0.3 is 0 Å². The summed E-state index contributed by atoms with van der Waals surface area (Å²) in [7, 11) is 0. The van der Waals surface area contributed by atoms with Crippen LogP contribution in [-0.2, 0) is 13.1 Å². The van der Waals surface area contributed by atoms with Crippen molar-refractivity contribution < 1.29 is 14.1 Å². The van der Waals surface area contributed by atoms with E-state index in [1.54, 1.807) is 30.3 Å². The third-order valence-corrected chi connectivity index (χ3v) is 4.06. The second-order valence-corrected chi connectivity index (χ2v) is 6.06. The van der Waals surface area contributed by atoms with E-state index < -0.39 is 0 Å². The van der Waals surface area contributed by atoms with Gasteiger partial charge in [-0.15, -0.1) is 0 Å². The third-order valence-electron chi connectivity index (χ3n) is 3.49. The van der Waals surface area contributed by atoms with E-state index in [0.717, 1.165) is 23.4 Å². The minimum absolute atomic E-state index is 0.220. The van der Waals surface area contributed by atoms with Gasteiger partial charge in [0.2, 0.25) is 0 Å². The molecule has 0 atom stereocenters. The lowest BCUT2D eigenvalue weighted by molar-refractivity contribution is -0.687. The molecule has 0 saturated heterocycles. The van der Waals surface area contributed by atoms with Crippen LogP contribution in [0.5, 0.6) is 0 Å². The van der Waals surface area contributed by atoms with Crippen LogP contribution < -0.4 is 5.32 Å². The summed E-state index contributed by atoms with van der Waals surface area (Å²) in [6.45, 7) is 1.45. The Morgan fingerprint density at radius 3 is 2.48 bits per heavy atom. The van der Waals surface area contributed by atoms with Crippen molar-refractivity contribution >= 4 is 23.2 Å². The Bertz CT molecular complexity index is 799. The van der Waals surface area contributed by atoms with Gasteiger partial charge in [-0.1, -0.05) is 35.3 Å². The van der Waals surface area contributed by atoms with Crippen LogP contribution in [0.4, 0.5) is 4.39 Å². The van der Waals surface area contributed by atoms with Crippen LogP contribution in [0.25, 0.3) is 11.3 Å². The number of furan rings is 1. The highest BCUT2D eigenvalue weighted by atomic mass is 35.5. The Labute approximate surface area is 143 Å². The van der Waals surface area contributed by atoms with Gasteiger partial charge in [-0.25, -0.2) is 4.39 Å². The predicted octanol–water partition coefficient (Wildman–Crippen LogP) is 4.66. The number of benzene rings is 2. The van der Waals surface area contributed by atoms with E-state index in [1.807, 2.05) is 12.1 Å². The Morgan fingerprint density at radius 2 is 1.70 bits per heavy atom. The monoisotopic (exact) mass is 350 g/mol. The fourth-order valence-electron chi connectivity index (χ4n) is 2.32. The summed E-state index contributed by atoms with van der Waals surface area (Å²) < 4.78 is 18.7. The molecule has 3 rings (SSSR count). The minimum Gasteiger partial charge on any atom is -0.455 e. The summed E-state index contributed by atoms with van der Waals surface area (Å²) in [4.78, 5) is 0. The van der Waals surface area contributed by atoms with Gasteiger partial charge in [0, 0.05) is 16.1 Å². The third kappa shape index (κ3) is 4.14. The average molecular weight is 351 g/mol. The zero-order valence-electron chi connectivity index (χ0n) is 12.2. The summed E-state index contributed by atoms with van der Waals surface area (Å²) in [5.74, 6) is 1.32. The van der Waals surface area contributed by atoms with Crippen molar-refractivity contribution in [3.63, 3.8) is 0 Å². The van der Waals surface area contributed by atoms with Gasteiger partial charge in [-0.3, -0.25) is 0 Å². The Kier molecular flexibility index (Phi) is 5.01. The Morgan fingerprint density at radius 1 is 0.913 bits per heavy atom. The fourth-order valence-corrected chi connectivity index (χ4v) is 2.70. The van der Waals surface area contributed by atoms with Gasteiger partial charge in [-0.05, 0) is 42.5 Å². The van der Waals surface area contributed by atoms with E-state index in [1.165, 1.54) is 12.1 Å². The van der Waals surface area contributed by atoms with Gasteiger partial charge < -0.3 is 9.73 Å². The smallest absolute Gasteiger partial charge is 0.158 e. The quantitative estimate of drug-likeness (QED) is 0.712. The van der Waals surface area contributed by atoms with Crippen LogP contribution in [0.1, 0.15) is 11.3 Å². The zero-order chi connectivity index (χ0) is 16.2. The van der Waals surface area contributed by atoms with Crippen molar-refractivity contribution in [3.05, 3.63) is 81.8 Å². The molecule has 0 unspecified atom stereocenters. The van der Waals surface area contributed by atoms with Gasteiger partial charge in [-0.2, -0.15) is 0 Å².